The first-order chi connectivity index (χ1) is 13.5. The van der Waals surface area contributed by atoms with Crippen molar-refractivity contribution in [2.75, 3.05) is 0 Å². The second kappa shape index (κ2) is 9.04. The van der Waals surface area contributed by atoms with Gasteiger partial charge in [0.15, 0.2) is 5.15 Å². The van der Waals surface area contributed by atoms with Gasteiger partial charge in [-0.1, -0.05) is 67.4 Å². The summed E-state index contributed by atoms with van der Waals surface area (Å²) < 4.78 is 1.99. The molecule has 0 atom stereocenters. The third kappa shape index (κ3) is 4.26. The van der Waals surface area contributed by atoms with E-state index in [1.54, 1.807) is 12.1 Å². The molecular formula is C22H24ClN3O2. The van der Waals surface area contributed by atoms with E-state index in [1.807, 2.05) is 41.0 Å². The molecule has 1 heterocycles. The highest BCUT2D eigenvalue weighted by Gasteiger charge is 2.15. The molecule has 0 saturated carbocycles. The van der Waals surface area contributed by atoms with E-state index in [-0.39, 0.29) is 6.61 Å². The first kappa shape index (κ1) is 20.1. The topological polar surface area (TPSA) is 81.1 Å². The van der Waals surface area contributed by atoms with Crippen molar-refractivity contribution in [3.05, 3.63) is 76.3 Å². The number of amides is 1. The molecule has 1 aromatic heterocycles. The highest BCUT2D eigenvalue weighted by molar-refractivity contribution is 6.30. The zero-order chi connectivity index (χ0) is 20.1. The molecule has 2 aromatic carbocycles. The Balaban J connectivity index is 1.89. The fourth-order valence-corrected chi connectivity index (χ4v) is 3.55. The normalized spacial score (nSPS) is 11.0. The number of benzene rings is 2. The van der Waals surface area contributed by atoms with Crippen molar-refractivity contribution in [2.24, 2.45) is 5.73 Å². The predicted molar refractivity (Wildman–Crippen MR) is 111 cm³/mol. The second-order valence-electron chi connectivity index (χ2n) is 6.72. The van der Waals surface area contributed by atoms with E-state index in [0.717, 1.165) is 41.8 Å². The van der Waals surface area contributed by atoms with Crippen molar-refractivity contribution in [3.8, 4) is 11.1 Å². The largest absolute Gasteiger partial charge is 0.390 e. The van der Waals surface area contributed by atoms with Gasteiger partial charge in [-0.25, -0.2) is 4.98 Å². The number of unbranched alkanes of at least 4 members (excludes halogenated alkanes) is 1. The Kier molecular flexibility index (Phi) is 6.49. The molecule has 0 aliphatic carbocycles. The van der Waals surface area contributed by atoms with Crippen molar-refractivity contribution in [1.82, 2.24) is 9.55 Å². The molecule has 3 aromatic rings. The van der Waals surface area contributed by atoms with Crippen LogP contribution in [-0.2, 0) is 19.6 Å². The van der Waals surface area contributed by atoms with Crippen LogP contribution in [0.2, 0.25) is 5.15 Å². The number of aliphatic hydroxyl groups excluding tert-OH is 1. The lowest BCUT2D eigenvalue weighted by molar-refractivity contribution is 0.100. The van der Waals surface area contributed by atoms with E-state index in [9.17, 15) is 9.90 Å². The van der Waals surface area contributed by atoms with Crippen molar-refractivity contribution in [2.45, 2.75) is 39.3 Å². The number of halogens is 1. The van der Waals surface area contributed by atoms with Gasteiger partial charge < -0.3 is 15.4 Å². The minimum Gasteiger partial charge on any atom is -0.390 e. The number of carbonyl (C=O) groups is 1. The lowest BCUT2D eigenvalue weighted by Crippen LogP contribution is -2.12. The number of aliphatic hydroxyl groups is 1. The molecule has 0 saturated heterocycles. The molecule has 3 rings (SSSR count). The molecular weight excluding hydrogens is 374 g/mol. The molecule has 28 heavy (non-hydrogen) atoms. The quantitative estimate of drug-likeness (QED) is 0.598. The maximum Gasteiger partial charge on any atom is 0.249 e. The second-order valence-corrected chi connectivity index (χ2v) is 7.08. The van der Waals surface area contributed by atoms with E-state index in [2.05, 4.69) is 11.9 Å². The fourth-order valence-electron chi connectivity index (χ4n) is 3.29. The van der Waals surface area contributed by atoms with Gasteiger partial charge in [0, 0.05) is 18.5 Å². The Labute approximate surface area is 169 Å². The van der Waals surface area contributed by atoms with Crippen LogP contribution >= 0.6 is 11.6 Å². The monoisotopic (exact) mass is 397 g/mol. The third-order valence-electron chi connectivity index (χ3n) is 4.80. The summed E-state index contributed by atoms with van der Waals surface area (Å²) in [7, 11) is 0. The smallest absolute Gasteiger partial charge is 0.249 e. The maximum atomic E-state index is 11.7. The summed E-state index contributed by atoms with van der Waals surface area (Å²) in [6.07, 6.45) is 2.90. The zero-order valence-electron chi connectivity index (χ0n) is 15.9. The van der Waals surface area contributed by atoms with Crippen LogP contribution in [0.15, 0.2) is 48.5 Å². The van der Waals surface area contributed by atoms with Crippen molar-refractivity contribution >= 4 is 17.5 Å². The summed E-state index contributed by atoms with van der Waals surface area (Å²) in [5.74, 6) is 0.444. The molecule has 146 valence electrons. The number of nitrogens with two attached hydrogens (primary N) is 1. The van der Waals surface area contributed by atoms with Crippen LogP contribution in [0.5, 0.6) is 0 Å². The average molecular weight is 398 g/mol. The number of aryl methyl sites for hydroxylation is 1. The first-order valence-corrected chi connectivity index (χ1v) is 9.75. The van der Waals surface area contributed by atoms with E-state index < -0.39 is 5.91 Å². The van der Waals surface area contributed by atoms with Gasteiger partial charge in [0.25, 0.3) is 0 Å². The minimum absolute atomic E-state index is 0.151. The summed E-state index contributed by atoms with van der Waals surface area (Å²) in [6.45, 7) is 2.55. The van der Waals surface area contributed by atoms with Gasteiger partial charge in [0.1, 0.15) is 5.82 Å². The van der Waals surface area contributed by atoms with E-state index in [0.29, 0.717) is 23.0 Å². The average Bonchev–Trinajstić information content (AvgIpc) is 3.01. The van der Waals surface area contributed by atoms with Crippen LogP contribution in [0.4, 0.5) is 0 Å². The summed E-state index contributed by atoms with van der Waals surface area (Å²) in [5, 5.41) is 10.1. The minimum atomic E-state index is -0.444. The van der Waals surface area contributed by atoms with E-state index in [4.69, 9.17) is 17.3 Å². The Bertz CT molecular complexity index is 964. The Morgan fingerprint density at radius 2 is 1.89 bits per heavy atom. The van der Waals surface area contributed by atoms with Crippen LogP contribution < -0.4 is 5.73 Å². The van der Waals surface area contributed by atoms with Gasteiger partial charge in [-0.3, -0.25) is 4.79 Å². The van der Waals surface area contributed by atoms with E-state index in [1.165, 1.54) is 0 Å². The predicted octanol–water partition coefficient (Wildman–Crippen LogP) is 4.19. The lowest BCUT2D eigenvalue weighted by atomic mass is 9.98. The Morgan fingerprint density at radius 1 is 1.18 bits per heavy atom. The number of hydrogen-bond donors (Lipinski definition) is 2. The number of hydrogen-bond acceptors (Lipinski definition) is 3. The SMILES string of the molecule is CCCCc1nc(Cl)c(CO)n1Cc1ccc(-c2ccccc2C(N)=O)cc1. The number of carbonyl (C=O) groups excluding carboxylic acids is 1. The van der Waals surface area contributed by atoms with Crippen molar-refractivity contribution < 1.29 is 9.90 Å². The van der Waals surface area contributed by atoms with Gasteiger partial charge in [-0.05, 0) is 29.2 Å². The maximum absolute atomic E-state index is 11.7. The summed E-state index contributed by atoms with van der Waals surface area (Å²) >= 11 is 6.21. The molecule has 0 bridgehead atoms. The molecule has 1 amide bonds. The number of imidazole rings is 1. The van der Waals surface area contributed by atoms with Crippen molar-refractivity contribution in [1.29, 1.82) is 0 Å². The number of nitrogens with zero attached hydrogens (tertiary/aromatic N) is 2. The summed E-state index contributed by atoms with van der Waals surface area (Å²) in [4.78, 5) is 16.1. The number of primary amides is 1. The van der Waals surface area contributed by atoms with Gasteiger partial charge >= 0.3 is 0 Å². The molecule has 5 nitrogen and oxygen atoms in total. The summed E-state index contributed by atoms with van der Waals surface area (Å²) in [6, 6.07) is 15.3. The Morgan fingerprint density at radius 3 is 2.54 bits per heavy atom. The van der Waals surface area contributed by atoms with Gasteiger partial charge in [0.2, 0.25) is 5.91 Å². The van der Waals surface area contributed by atoms with Crippen LogP contribution in [0, 0.1) is 0 Å². The number of rotatable bonds is 8. The molecule has 6 heteroatoms. The van der Waals surface area contributed by atoms with Crippen LogP contribution in [0.1, 0.15) is 47.2 Å². The molecule has 0 fully saturated rings. The highest BCUT2D eigenvalue weighted by Crippen LogP contribution is 2.25. The van der Waals surface area contributed by atoms with Gasteiger partial charge in [-0.2, -0.15) is 0 Å². The standard InChI is InChI=1S/C22H24ClN3O2/c1-2-3-8-20-25-21(23)19(14-27)26(20)13-15-9-11-16(12-10-15)17-6-4-5-7-18(17)22(24)28/h4-7,9-12,27H,2-3,8,13-14H2,1H3,(H2,24,28). The summed E-state index contributed by atoms with van der Waals surface area (Å²) in [5.41, 5.74) is 9.42. The third-order valence-corrected chi connectivity index (χ3v) is 5.11. The molecule has 3 N–H and O–H groups in total. The molecule has 0 radical (unpaired) electrons. The fraction of sp³-hybridized carbons (Fsp3) is 0.273. The number of aromatic nitrogens is 2. The van der Waals surface area contributed by atoms with Crippen molar-refractivity contribution in [3.63, 3.8) is 0 Å². The van der Waals surface area contributed by atoms with Crippen LogP contribution in [0.3, 0.4) is 0 Å². The Hall–Kier alpha value is -2.63. The van der Waals surface area contributed by atoms with Gasteiger partial charge in [0.05, 0.1) is 12.3 Å². The van der Waals surface area contributed by atoms with Crippen LogP contribution in [0.25, 0.3) is 11.1 Å². The molecule has 0 aliphatic rings. The van der Waals surface area contributed by atoms with Gasteiger partial charge in [-0.15, -0.1) is 0 Å². The lowest BCUT2D eigenvalue weighted by Gasteiger charge is -2.12. The molecule has 0 spiro atoms. The molecule has 0 aliphatic heterocycles. The molecule has 0 unspecified atom stereocenters. The van der Waals surface area contributed by atoms with E-state index >= 15 is 0 Å². The van der Waals surface area contributed by atoms with Crippen LogP contribution in [-0.4, -0.2) is 20.6 Å². The zero-order valence-corrected chi connectivity index (χ0v) is 16.6. The first-order valence-electron chi connectivity index (χ1n) is 9.38. The highest BCUT2D eigenvalue weighted by atomic mass is 35.5.